The van der Waals surface area contributed by atoms with Gasteiger partial charge in [-0.25, -0.2) is 4.39 Å². The van der Waals surface area contributed by atoms with E-state index in [1.54, 1.807) is 0 Å². The molecule has 11 heavy (non-hydrogen) atoms. The number of hydrogen-bond donors (Lipinski definition) is 0. The summed E-state index contributed by atoms with van der Waals surface area (Å²) in [7, 11) is 3.90. The van der Waals surface area contributed by atoms with E-state index in [1.807, 2.05) is 19.0 Å². The maximum atomic E-state index is 13.8. The first-order valence-corrected chi connectivity index (χ1v) is 4.43. The van der Waals surface area contributed by atoms with E-state index in [1.165, 1.54) is 6.42 Å². The van der Waals surface area contributed by atoms with E-state index in [-0.39, 0.29) is 0 Å². The third kappa shape index (κ3) is 1.41. The van der Waals surface area contributed by atoms with Gasteiger partial charge in [0.05, 0.1) is 0 Å². The minimum Gasteiger partial charge on any atom is -0.306 e. The van der Waals surface area contributed by atoms with E-state index in [4.69, 9.17) is 0 Å². The van der Waals surface area contributed by atoms with Gasteiger partial charge in [-0.05, 0) is 45.2 Å². The third-order valence-electron chi connectivity index (χ3n) is 2.92. The number of fused-ring (bicyclic) bond motifs is 1. The average Bonchev–Trinajstić information content (AvgIpc) is 2.37. The van der Waals surface area contributed by atoms with Gasteiger partial charge in [0.2, 0.25) is 0 Å². The summed E-state index contributed by atoms with van der Waals surface area (Å²) >= 11 is 0. The Hall–Kier alpha value is -0.110. The van der Waals surface area contributed by atoms with E-state index >= 15 is 0 Å². The second kappa shape index (κ2) is 2.19. The molecule has 0 bridgehead atoms. The van der Waals surface area contributed by atoms with Crippen LogP contribution in [0.25, 0.3) is 0 Å². The molecule has 0 N–H and O–H groups in total. The second-order valence-electron chi connectivity index (χ2n) is 4.55. The lowest BCUT2D eigenvalue weighted by molar-refractivity contribution is 0.110. The Morgan fingerprint density at radius 3 is 2.36 bits per heavy atom. The molecule has 2 rings (SSSR count). The molecule has 0 aromatic heterocycles. The van der Waals surface area contributed by atoms with Gasteiger partial charge in [0.25, 0.3) is 0 Å². The van der Waals surface area contributed by atoms with Crippen molar-refractivity contribution in [2.75, 3.05) is 20.6 Å². The van der Waals surface area contributed by atoms with Gasteiger partial charge in [-0.2, -0.15) is 0 Å². The first-order valence-electron chi connectivity index (χ1n) is 4.43. The molecule has 2 heteroatoms. The number of alkyl halides is 1. The van der Waals surface area contributed by atoms with Gasteiger partial charge in [-0.15, -0.1) is 0 Å². The van der Waals surface area contributed by atoms with E-state index in [0.29, 0.717) is 6.54 Å². The van der Waals surface area contributed by atoms with Gasteiger partial charge < -0.3 is 4.90 Å². The number of halogens is 1. The minimum atomic E-state index is -0.836. The van der Waals surface area contributed by atoms with Crippen LogP contribution in [0, 0.1) is 11.8 Å². The van der Waals surface area contributed by atoms with Gasteiger partial charge in [0, 0.05) is 6.54 Å². The van der Waals surface area contributed by atoms with Crippen LogP contribution in [-0.4, -0.2) is 31.2 Å². The molecule has 2 fully saturated rings. The number of nitrogens with zero attached hydrogens (tertiary/aromatic N) is 1. The molecule has 0 aromatic rings. The quantitative estimate of drug-likeness (QED) is 0.589. The van der Waals surface area contributed by atoms with Crippen LogP contribution in [0.2, 0.25) is 0 Å². The van der Waals surface area contributed by atoms with Gasteiger partial charge in [-0.1, -0.05) is 0 Å². The summed E-state index contributed by atoms with van der Waals surface area (Å²) in [4.78, 5) is 1.96. The summed E-state index contributed by atoms with van der Waals surface area (Å²) in [5.41, 5.74) is -0.836. The molecule has 0 saturated heterocycles. The lowest BCUT2D eigenvalue weighted by Crippen LogP contribution is -2.34. The van der Waals surface area contributed by atoms with Crippen molar-refractivity contribution in [3.63, 3.8) is 0 Å². The van der Waals surface area contributed by atoms with Crippen LogP contribution in [0.5, 0.6) is 0 Å². The fraction of sp³-hybridized carbons (Fsp3) is 1.00. The van der Waals surface area contributed by atoms with Gasteiger partial charge in [0.15, 0.2) is 0 Å². The molecule has 64 valence electrons. The van der Waals surface area contributed by atoms with Crippen molar-refractivity contribution in [3.8, 4) is 0 Å². The van der Waals surface area contributed by atoms with Gasteiger partial charge in [0.1, 0.15) is 5.67 Å². The Morgan fingerprint density at radius 1 is 1.36 bits per heavy atom. The summed E-state index contributed by atoms with van der Waals surface area (Å²) in [6.45, 7) is 0.625. The van der Waals surface area contributed by atoms with Gasteiger partial charge in [-0.3, -0.25) is 0 Å². The van der Waals surface area contributed by atoms with E-state index in [9.17, 15) is 4.39 Å². The van der Waals surface area contributed by atoms with E-state index in [2.05, 4.69) is 0 Å². The standard InChI is InChI=1S/C9H16FN/c1-11(2)6-9(10)4-7-3-8(7)5-9/h7-8H,3-6H2,1-2H3/t7-,8+,9?. The van der Waals surface area contributed by atoms with Crippen molar-refractivity contribution < 1.29 is 4.39 Å². The molecule has 1 unspecified atom stereocenters. The zero-order valence-electron chi connectivity index (χ0n) is 7.31. The number of hydrogen-bond acceptors (Lipinski definition) is 1. The smallest absolute Gasteiger partial charge is 0.124 e. The van der Waals surface area contributed by atoms with Crippen molar-refractivity contribution in [1.82, 2.24) is 4.90 Å². The first-order chi connectivity index (χ1) is 5.09. The van der Waals surface area contributed by atoms with Gasteiger partial charge >= 0.3 is 0 Å². The fourth-order valence-corrected chi connectivity index (χ4v) is 2.53. The Bertz CT molecular complexity index is 157. The molecular weight excluding hydrogens is 141 g/mol. The molecule has 0 aliphatic heterocycles. The average molecular weight is 157 g/mol. The third-order valence-corrected chi connectivity index (χ3v) is 2.92. The molecule has 0 spiro atoms. The first kappa shape index (κ1) is 7.53. The van der Waals surface area contributed by atoms with Crippen molar-refractivity contribution in [3.05, 3.63) is 0 Å². The molecule has 0 radical (unpaired) electrons. The van der Waals surface area contributed by atoms with Crippen molar-refractivity contribution in [2.24, 2.45) is 11.8 Å². The van der Waals surface area contributed by atoms with Crippen LogP contribution in [-0.2, 0) is 0 Å². The van der Waals surface area contributed by atoms with Crippen LogP contribution in [0.4, 0.5) is 4.39 Å². The summed E-state index contributed by atoms with van der Waals surface area (Å²) < 4.78 is 13.8. The van der Waals surface area contributed by atoms with Crippen LogP contribution in [0.1, 0.15) is 19.3 Å². The maximum Gasteiger partial charge on any atom is 0.124 e. The molecule has 0 amide bonds. The molecule has 2 saturated carbocycles. The van der Waals surface area contributed by atoms with Crippen molar-refractivity contribution in [2.45, 2.75) is 24.9 Å². The molecule has 3 atom stereocenters. The van der Waals surface area contributed by atoms with E-state index in [0.717, 1.165) is 24.7 Å². The monoisotopic (exact) mass is 157 g/mol. The van der Waals surface area contributed by atoms with Crippen molar-refractivity contribution in [1.29, 1.82) is 0 Å². The summed E-state index contributed by atoms with van der Waals surface area (Å²) in [5.74, 6) is 1.50. The van der Waals surface area contributed by atoms with E-state index < -0.39 is 5.67 Å². The lowest BCUT2D eigenvalue weighted by Gasteiger charge is -2.24. The maximum absolute atomic E-state index is 13.8. The zero-order valence-corrected chi connectivity index (χ0v) is 7.31. The Labute approximate surface area is 67.6 Å². The normalized spacial score (nSPS) is 48.0. The summed E-state index contributed by atoms with van der Waals surface area (Å²) in [5, 5.41) is 0. The summed E-state index contributed by atoms with van der Waals surface area (Å²) in [6, 6.07) is 0. The summed E-state index contributed by atoms with van der Waals surface area (Å²) in [6.07, 6.45) is 2.96. The van der Waals surface area contributed by atoms with Crippen LogP contribution >= 0.6 is 0 Å². The molecule has 2 aliphatic rings. The van der Waals surface area contributed by atoms with Crippen LogP contribution < -0.4 is 0 Å². The van der Waals surface area contributed by atoms with Crippen molar-refractivity contribution >= 4 is 0 Å². The molecule has 0 heterocycles. The highest BCUT2D eigenvalue weighted by molar-refractivity contribution is 5.05. The molecular formula is C9H16FN. The highest BCUT2D eigenvalue weighted by Gasteiger charge is 2.54. The SMILES string of the molecule is CN(C)CC1(F)C[C@H]2C[C@H]2C1. The topological polar surface area (TPSA) is 3.24 Å². The minimum absolute atomic E-state index is 0.625. The highest BCUT2D eigenvalue weighted by Crippen LogP contribution is 2.57. The van der Waals surface area contributed by atoms with Crippen LogP contribution in [0.15, 0.2) is 0 Å². The Kier molecular flexibility index (Phi) is 1.50. The molecule has 1 nitrogen and oxygen atoms in total. The lowest BCUT2D eigenvalue weighted by atomic mass is 10.00. The Morgan fingerprint density at radius 2 is 1.91 bits per heavy atom. The predicted octanol–water partition coefficient (Wildman–Crippen LogP) is 1.69. The molecule has 0 aromatic carbocycles. The fourth-order valence-electron chi connectivity index (χ4n) is 2.53. The molecule has 2 aliphatic carbocycles. The van der Waals surface area contributed by atoms with Crippen LogP contribution in [0.3, 0.4) is 0 Å². The highest BCUT2D eigenvalue weighted by atomic mass is 19.1. The number of rotatable bonds is 2. The zero-order chi connectivity index (χ0) is 8.06. The largest absolute Gasteiger partial charge is 0.306 e. The Balaban J connectivity index is 1.91. The second-order valence-corrected chi connectivity index (χ2v) is 4.55. The predicted molar refractivity (Wildman–Crippen MR) is 43.2 cm³/mol.